The fraction of sp³-hybridized carbons (Fsp3) is 0.536. The van der Waals surface area contributed by atoms with Gasteiger partial charge in [-0.25, -0.2) is 0 Å². The molecular formula is C28H33NO2. The Labute approximate surface area is 186 Å². The molecule has 0 unspecified atom stereocenters. The van der Waals surface area contributed by atoms with E-state index >= 15 is 0 Å². The summed E-state index contributed by atoms with van der Waals surface area (Å²) < 4.78 is 0. The van der Waals surface area contributed by atoms with Gasteiger partial charge in [0.25, 0.3) is 0 Å². The van der Waals surface area contributed by atoms with E-state index in [1.807, 2.05) is 6.08 Å². The highest BCUT2D eigenvalue weighted by atomic mass is 16.3. The van der Waals surface area contributed by atoms with Gasteiger partial charge in [0, 0.05) is 37.5 Å². The highest BCUT2D eigenvalue weighted by molar-refractivity contribution is 5.93. The van der Waals surface area contributed by atoms with E-state index in [9.17, 15) is 9.90 Å². The maximum absolute atomic E-state index is 12.1. The molecule has 0 saturated heterocycles. The molecule has 5 rings (SSSR count). The van der Waals surface area contributed by atoms with Crippen molar-refractivity contribution in [2.75, 3.05) is 19.0 Å². The van der Waals surface area contributed by atoms with Crippen LogP contribution in [0.25, 0.3) is 0 Å². The molecule has 162 valence electrons. The zero-order chi connectivity index (χ0) is 22.0. The Morgan fingerprint density at radius 3 is 2.55 bits per heavy atom. The molecule has 4 aliphatic carbocycles. The molecule has 31 heavy (non-hydrogen) atoms. The summed E-state index contributed by atoms with van der Waals surface area (Å²) in [5, 5.41) is 11.5. The molecule has 1 aromatic carbocycles. The molecule has 1 aromatic rings. The standard InChI is InChI=1S/C28H33NO2/c1-5-28(31)15-14-25-23-12-8-19-16-21(30)11-13-22(19)26(23)24(17-27(25,28)2)18-6-9-20(10-7-18)29(3)4/h1,6-7,9-10,16,23-25,31H,8,11-15,17H2,2-4H3/t23-,24+,25-,27-,28+/m0/s1. The van der Waals surface area contributed by atoms with Crippen LogP contribution >= 0.6 is 0 Å². The number of allylic oxidation sites excluding steroid dienone is 4. The molecule has 2 fully saturated rings. The Morgan fingerprint density at radius 2 is 1.87 bits per heavy atom. The van der Waals surface area contributed by atoms with Crippen LogP contribution in [0.15, 0.2) is 47.1 Å². The van der Waals surface area contributed by atoms with Gasteiger partial charge in [0.2, 0.25) is 0 Å². The molecule has 2 saturated carbocycles. The Bertz CT molecular complexity index is 1020. The minimum atomic E-state index is -1.03. The summed E-state index contributed by atoms with van der Waals surface area (Å²) in [6, 6.07) is 8.89. The van der Waals surface area contributed by atoms with E-state index in [2.05, 4.69) is 56.1 Å². The molecule has 0 amide bonds. The van der Waals surface area contributed by atoms with Crippen molar-refractivity contribution in [2.24, 2.45) is 17.3 Å². The predicted molar refractivity (Wildman–Crippen MR) is 125 cm³/mol. The number of hydrogen-bond donors (Lipinski definition) is 1. The second-order valence-electron chi connectivity index (χ2n) is 10.5. The lowest BCUT2D eigenvalue weighted by atomic mass is 9.51. The van der Waals surface area contributed by atoms with Gasteiger partial charge in [-0.1, -0.05) is 30.6 Å². The number of hydrogen-bond acceptors (Lipinski definition) is 3. The Hall–Kier alpha value is -2.31. The first-order valence-electron chi connectivity index (χ1n) is 11.7. The van der Waals surface area contributed by atoms with Gasteiger partial charge in [0.15, 0.2) is 5.78 Å². The van der Waals surface area contributed by atoms with Crippen molar-refractivity contribution in [3.63, 3.8) is 0 Å². The number of carbonyl (C=O) groups excluding carboxylic acids is 1. The monoisotopic (exact) mass is 415 g/mol. The van der Waals surface area contributed by atoms with Gasteiger partial charge >= 0.3 is 0 Å². The summed E-state index contributed by atoms with van der Waals surface area (Å²) in [4.78, 5) is 14.2. The second kappa shape index (κ2) is 7.10. The van der Waals surface area contributed by atoms with Crippen LogP contribution < -0.4 is 4.90 Å². The van der Waals surface area contributed by atoms with Crippen LogP contribution in [0.1, 0.15) is 63.4 Å². The SMILES string of the molecule is C#C[C@@]1(O)CC[C@H]2[C@@H]3CCC4=CC(=O)CCC4=C3[C@@H](c3ccc(N(C)C)cc3)C[C@@]21C. The third kappa shape index (κ3) is 2.95. The Morgan fingerprint density at radius 1 is 1.13 bits per heavy atom. The van der Waals surface area contributed by atoms with Crippen LogP contribution in [0, 0.1) is 29.6 Å². The lowest BCUT2D eigenvalue weighted by Gasteiger charge is -2.53. The van der Waals surface area contributed by atoms with Crippen LogP contribution in [0.3, 0.4) is 0 Å². The number of benzene rings is 1. The fourth-order valence-corrected chi connectivity index (χ4v) is 7.21. The Kier molecular flexibility index (Phi) is 4.72. The van der Waals surface area contributed by atoms with E-state index in [-0.39, 0.29) is 17.1 Å². The number of carbonyl (C=O) groups is 1. The van der Waals surface area contributed by atoms with Crippen molar-refractivity contribution in [3.05, 3.63) is 52.6 Å². The molecule has 3 heteroatoms. The summed E-state index contributed by atoms with van der Waals surface area (Å²) in [5.41, 5.74) is 5.43. The average Bonchev–Trinajstić information content (AvgIpc) is 3.04. The van der Waals surface area contributed by atoms with Crippen molar-refractivity contribution in [1.29, 1.82) is 0 Å². The molecule has 0 radical (unpaired) electrons. The maximum Gasteiger partial charge on any atom is 0.156 e. The average molecular weight is 416 g/mol. The van der Waals surface area contributed by atoms with Gasteiger partial charge in [0.05, 0.1) is 0 Å². The predicted octanol–water partition coefficient (Wildman–Crippen LogP) is 5.02. The largest absolute Gasteiger partial charge is 0.378 e. The van der Waals surface area contributed by atoms with E-state index in [0.29, 0.717) is 24.7 Å². The van der Waals surface area contributed by atoms with Gasteiger partial charge in [-0.3, -0.25) is 4.79 Å². The molecule has 3 nitrogen and oxygen atoms in total. The zero-order valence-electron chi connectivity index (χ0n) is 18.9. The van der Waals surface area contributed by atoms with Crippen molar-refractivity contribution < 1.29 is 9.90 Å². The van der Waals surface area contributed by atoms with Gasteiger partial charge in [-0.2, -0.15) is 0 Å². The number of anilines is 1. The van der Waals surface area contributed by atoms with Crippen LogP contribution in [-0.2, 0) is 4.79 Å². The summed E-state index contributed by atoms with van der Waals surface area (Å²) >= 11 is 0. The molecule has 1 N–H and O–H groups in total. The number of ketones is 1. The first-order valence-corrected chi connectivity index (χ1v) is 11.7. The van der Waals surface area contributed by atoms with Crippen molar-refractivity contribution >= 4 is 11.5 Å². The lowest BCUT2D eigenvalue weighted by Crippen LogP contribution is -2.50. The first kappa shape index (κ1) is 20.6. The van der Waals surface area contributed by atoms with Gasteiger partial charge in [-0.15, -0.1) is 6.42 Å². The third-order valence-corrected chi connectivity index (χ3v) is 8.94. The van der Waals surface area contributed by atoms with Crippen molar-refractivity contribution in [3.8, 4) is 12.3 Å². The quantitative estimate of drug-likeness (QED) is 0.690. The molecule has 0 bridgehead atoms. The van der Waals surface area contributed by atoms with E-state index in [0.717, 1.165) is 32.1 Å². The van der Waals surface area contributed by atoms with Crippen molar-refractivity contribution in [1.82, 2.24) is 0 Å². The summed E-state index contributed by atoms with van der Waals surface area (Å²) in [7, 11) is 4.12. The van der Waals surface area contributed by atoms with Gasteiger partial charge in [0.1, 0.15) is 5.60 Å². The molecule has 0 heterocycles. The number of fused-ring (bicyclic) bond motifs is 4. The van der Waals surface area contributed by atoms with Crippen LogP contribution in [0.2, 0.25) is 0 Å². The Balaban J connectivity index is 1.67. The van der Waals surface area contributed by atoms with Gasteiger partial charge in [-0.05, 0) is 85.3 Å². The molecule has 0 aliphatic heterocycles. The van der Waals surface area contributed by atoms with Crippen LogP contribution in [0.4, 0.5) is 5.69 Å². The molecule has 5 atom stereocenters. The number of terminal acetylenes is 1. The first-order chi connectivity index (χ1) is 14.8. The second-order valence-corrected chi connectivity index (χ2v) is 10.5. The van der Waals surface area contributed by atoms with E-state index in [4.69, 9.17) is 6.42 Å². The summed E-state index contributed by atoms with van der Waals surface area (Å²) in [6.45, 7) is 2.24. The number of nitrogens with zero attached hydrogens (tertiary/aromatic N) is 1. The van der Waals surface area contributed by atoms with Crippen molar-refractivity contribution in [2.45, 2.75) is 63.4 Å². The maximum atomic E-state index is 12.1. The number of aliphatic hydroxyl groups is 1. The number of rotatable bonds is 2. The molecule has 4 aliphatic rings. The van der Waals surface area contributed by atoms with E-state index in [1.54, 1.807) is 5.57 Å². The normalized spacial score (nSPS) is 36.8. The third-order valence-electron chi connectivity index (χ3n) is 8.94. The molecule has 0 spiro atoms. The highest BCUT2D eigenvalue weighted by Crippen LogP contribution is 2.66. The smallest absolute Gasteiger partial charge is 0.156 e. The summed E-state index contributed by atoms with van der Waals surface area (Å²) in [6.07, 6.45) is 13.9. The zero-order valence-corrected chi connectivity index (χ0v) is 18.9. The topological polar surface area (TPSA) is 40.5 Å². The molecule has 0 aromatic heterocycles. The minimum absolute atomic E-state index is 0.243. The fourth-order valence-electron chi connectivity index (χ4n) is 7.21. The van der Waals surface area contributed by atoms with E-state index in [1.165, 1.54) is 22.4 Å². The van der Waals surface area contributed by atoms with Crippen LogP contribution in [0.5, 0.6) is 0 Å². The van der Waals surface area contributed by atoms with Crippen LogP contribution in [-0.4, -0.2) is 30.6 Å². The van der Waals surface area contributed by atoms with E-state index < -0.39 is 5.60 Å². The molecular weight excluding hydrogens is 382 g/mol. The lowest BCUT2D eigenvalue weighted by molar-refractivity contribution is -0.114. The minimum Gasteiger partial charge on any atom is -0.378 e. The highest BCUT2D eigenvalue weighted by Gasteiger charge is 2.62. The van der Waals surface area contributed by atoms with Gasteiger partial charge < -0.3 is 10.0 Å². The summed E-state index contributed by atoms with van der Waals surface area (Å²) in [5.74, 6) is 4.18.